The molecular formula is C13H17N3O. The molecule has 2 rings (SSSR count). The van der Waals surface area contributed by atoms with Crippen LogP contribution in [-0.4, -0.2) is 23.3 Å². The number of methoxy groups -OCH3 is 1. The lowest BCUT2D eigenvalue weighted by atomic mass is 10.0. The molecule has 0 aliphatic carbocycles. The quantitative estimate of drug-likeness (QED) is 0.845. The minimum atomic E-state index is 0.129. The second-order valence-corrected chi connectivity index (χ2v) is 4.18. The lowest BCUT2D eigenvalue weighted by molar-refractivity contribution is 0.415. The standard InChI is InChI=1S/C13H17N3O/c1-9(14)7-11-8-15-16-13(11)10-3-5-12(17-2)6-4-10/h3-6,8-9H,7,14H2,1-2H3,(H,15,16). The summed E-state index contributed by atoms with van der Waals surface area (Å²) in [5, 5.41) is 7.10. The maximum Gasteiger partial charge on any atom is 0.118 e. The highest BCUT2D eigenvalue weighted by Gasteiger charge is 2.09. The predicted octanol–water partition coefficient (Wildman–Crippen LogP) is 1.97. The number of H-pyrrole nitrogens is 1. The molecule has 0 aliphatic rings. The van der Waals surface area contributed by atoms with E-state index in [0.717, 1.165) is 29.0 Å². The van der Waals surface area contributed by atoms with E-state index in [1.807, 2.05) is 37.4 Å². The summed E-state index contributed by atoms with van der Waals surface area (Å²) in [4.78, 5) is 0. The average Bonchev–Trinajstić information content (AvgIpc) is 2.76. The third kappa shape index (κ3) is 2.65. The van der Waals surface area contributed by atoms with Crippen LogP contribution in [0.2, 0.25) is 0 Å². The molecule has 4 heteroatoms. The number of benzene rings is 1. The van der Waals surface area contributed by atoms with Gasteiger partial charge >= 0.3 is 0 Å². The van der Waals surface area contributed by atoms with Gasteiger partial charge in [0, 0.05) is 11.6 Å². The molecule has 0 spiro atoms. The minimum absolute atomic E-state index is 0.129. The molecule has 1 atom stereocenters. The Kier molecular flexibility index (Phi) is 3.44. The normalized spacial score (nSPS) is 12.4. The van der Waals surface area contributed by atoms with Crippen molar-refractivity contribution in [3.8, 4) is 17.0 Å². The van der Waals surface area contributed by atoms with Crippen LogP contribution in [0.4, 0.5) is 0 Å². The molecule has 1 heterocycles. The molecule has 3 N–H and O–H groups in total. The first-order valence-electron chi connectivity index (χ1n) is 5.63. The van der Waals surface area contributed by atoms with Crippen molar-refractivity contribution in [3.63, 3.8) is 0 Å². The van der Waals surface area contributed by atoms with Crippen molar-refractivity contribution in [3.05, 3.63) is 36.0 Å². The Labute approximate surface area is 101 Å². The fraction of sp³-hybridized carbons (Fsp3) is 0.308. The molecule has 1 aromatic heterocycles. The fourth-order valence-electron chi connectivity index (χ4n) is 1.82. The third-order valence-corrected chi connectivity index (χ3v) is 2.64. The van der Waals surface area contributed by atoms with Gasteiger partial charge in [-0.2, -0.15) is 5.10 Å². The van der Waals surface area contributed by atoms with Gasteiger partial charge in [0.1, 0.15) is 5.75 Å². The maximum atomic E-state index is 5.81. The zero-order valence-electron chi connectivity index (χ0n) is 10.1. The van der Waals surface area contributed by atoms with Gasteiger partial charge in [-0.3, -0.25) is 5.10 Å². The second-order valence-electron chi connectivity index (χ2n) is 4.18. The minimum Gasteiger partial charge on any atom is -0.497 e. The zero-order chi connectivity index (χ0) is 12.3. The van der Waals surface area contributed by atoms with Crippen molar-refractivity contribution in [2.24, 2.45) is 5.73 Å². The number of hydrogen-bond donors (Lipinski definition) is 2. The van der Waals surface area contributed by atoms with Crippen LogP contribution in [0.5, 0.6) is 5.75 Å². The van der Waals surface area contributed by atoms with Gasteiger partial charge in [-0.15, -0.1) is 0 Å². The summed E-state index contributed by atoms with van der Waals surface area (Å²) >= 11 is 0. The summed E-state index contributed by atoms with van der Waals surface area (Å²) in [5.74, 6) is 0.849. The topological polar surface area (TPSA) is 63.9 Å². The first-order valence-corrected chi connectivity index (χ1v) is 5.63. The molecule has 0 saturated carbocycles. The van der Waals surface area contributed by atoms with Gasteiger partial charge in [-0.05, 0) is 43.2 Å². The van der Waals surface area contributed by atoms with Crippen LogP contribution in [0.15, 0.2) is 30.5 Å². The number of ether oxygens (including phenoxy) is 1. The van der Waals surface area contributed by atoms with E-state index in [9.17, 15) is 0 Å². The highest BCUT2D eigenvalue weighted by Crippen LogP contribution is 2.24. The number of nitrogens with zero attached hydrogens (tertiary/aromatic N) is 1. The Hall–Kier alpha value is -1.81. The van der Waals surface area contributed by atoms with Gasteiger partial charge in [-0.25, -0.2) is 0 Å². The van der Waals surface area contributed by atoms with Crippen molar-refractivity contribution < 1.29 is 4.74 Å². The van der Waals surface area contributed by atoms with Gasteiger partial charge in [0.15, 0.2) is 0 Å². The molecule has 0 fully saturated rings. The van der Waals surface area contributed by atoms with E-state index in [-0.39, 0.29) is 6.04 Å². The summed E-state index contributed by atoms with van der Waals surface area (Å²) in [6, 6.07) is 8.02. The van der Waals surface area contributed by atoms with E-state index in [1.54, 1.807) is 7.11 Å². The van der Waals surface area contributed by atoms with Crippen LogP contribution in [-0.2, 0) is 6.42 Å². The number of nitrogens with two attached hydrogens (primary N) is 1. The van der Waals surface area contributed by atoms with E-state index in [4.69, 9.17) is 10.5 Å². The number of aromatic nitrogens is 2. The van der Waals surface area contributed by atoms with E-state index in [1.165, 1.54) is 0 Å². The maximum absolute atomic E-state index is 5.81. The van der Waals surface area contributed by atoms with Gasteiger partial charge in [0.2, 0.25) is 0 Å². The molecule has 1 aromatic carbocycles. The van der Waals surface area contributed by atoms with Crippen molar-refractivity contribution >= 4 is 0 Å². The average molecular weight is 231 g/mol. The Bertz CT molecular complexity index is 474. The highest BCUT2D eigenvalue weighted by atomic mass is 16.5. The molecular weight excluding hydrogens is 214 g/mol. The van der Waals surface area contributed by atoms with Crippen molar-refractivity contribution in [1.82, 2.24) is 10.2 Å². The number of nitrogens with one attached hydrogen (secondary N) is 1. The van der Waals surface area contributed by atoms with Crippen LogP contribution in [0.25, 0.3) is 11.3 Å². The molecule has 4 nitrogen and oxygen atoms in total. The fourth-order valence-corrected chi connectivity index (χ4v) is 1.82. The summed E-state index contributed by atoms with van der Waals surface area (Å²) in [7, 11) is 1.66. The number of aromatic amines is 1. The number of rotatable bonds is 4. The van der Waals surface area contributed by atoms with Crippen LogP contribution in [0, 0.1) is 0 Å². The second kappa shape index (κ2) is 5.01. The van der Waals surface area contributed by atoms with Crippen LogP contribution >= 0.6 is 0 Å². The summed E-state index contributed by atoms with van der Waals surface area (Å²) in [5.41, 5.74) is 9.09. The molecule has 0 saturated heterocycles. The Morgan fingerprint density at radius 1 is 1.35 bits per heavy atom. The van der Waals surface area contributed by atoms with Crippen LogP contribution in [0.3, 0.4) is 0 Å². The van der Waals surface area contributed by atoms with E-state index < -0.39 is 0 Å². The van der Waals surface area contributed by atoms with E-state index in [0.29, 0.717) is 0 Å². The zero-order valence-corrected chi connectivity index (χ0v) is 10.1. The Morgan fingerprint density at radius 2 is 2.06 bits per heavy atom. The monoisotopic (exact) mass is 231 g/mol. The summed E-state index contributed by atoms with van der Waals surface area (Å²) < 4.78 is 5.14. The Balaban J connectivity index is 2.29. The van der Waals surface area contributed by atoms with Gasteiger partial charge in [0.05, 0.1) is 19.0 Å². The molecule has 17 heavy (non-hydrogen) atoms. The molecule has 2 aromatic rings. The van der Waals surface area contributed by atoms with Gasteiger partial charge in [-0.1, -0.05) is 0 Å². The van der Waals surface area contributed by atoms with Crippen molar-refractivity contribution in [1.29, 1.82) is 0 Å². The largest absolute Gasteiger partial charge is 0.497 e. The molecule has 0 aliphatic heterocycles. The van der Waals surface area contributed by atoms with Gasteiger partial charge < -0.3 is 10.5 Å². The molecule has 0 bridgehead atoms. The van der Waals surface area contributed by atoms with E-state index in [2.05, 4.69) is 10.2 Å². The highest BCUT2D eigenvalue weighted by molar-refractivity contribution is 5.63. The number of hydrogen-bond acceptors (Lipinski definition) is 3. The predicted molar refractivity (Wildman–Crippen MR) is 67.9 cm³/mol. The third-order valence-electron chi connectivity index (χ3n) is 2.64. The summed E-state index contributed by atoms with van der Waals surface area (Å²) in [6.07, 6.45) is 2.65. The summed E-state index contributed by atoms with van der Waals surface area (Å²) in [6.45, 7) is 1.99. The van der Waals surface area contributed by atoms with Crippen molar-refractivity contribution in [2.45, 2.75) is 19.4 Å². The first kappa shape index (κ1) is 11.7. The lowest BCUT2D eigenvalue weighted by Gasteiger charge is -2.06. The van der Waals surface area contributed by atoms with Crippen LogP contribution in [0.1, 0.15) is 12.5 Å². The lowest BCUT2D eigenvalue weighted by Crippen LogP contribution is -2.17. The smallest absolute Gasteiger partial charge is 0.118 e. The molecule has 1 unspecified atom stereocenters. The Morgan fingerprint density at radius 3 is 2.65 bits per heavy atom. The van der Waals surface area contributed by atoms with Crippen molar-refractivity contribution in [2.75, 3.05) is 7.11 Å². The van der Waals surface area contributed by atoms with Crippen LogP contribution < -0.4 is 10.5 Å². The van der Waals surface area contributed by atoms with E-state index >= 15 is 0 Å². The molecule has 0 radical (unpaired) electrons. The first-order chi connectivity index (χ1) is 8.20. The molecule has 90 valence electrons. The van der Waals surface area contributed by atoms with Gasteiger partial charge in [0.25, 0.3) is 0 Å². The SMILES string of the molecule is COc1ccc(-c2[nH]ncc2CC(C)N)cc1. The molecule has 0 amide bonds.